The zero-order valence-electron chi connectivity index (χ0n) is 49.5. The third kappa shape index (κ3) is 12.2. The molecule has 0 aliphatic heterocycles. The minimum absolute atomic E-state index is 0. The third-order valence-electron chi connectivity index (χ3n) is 16.8. The van der Waals surface area contributed by atoms with Crippen LogP contribution >= 0.6 is 0 Å². The number of rotatable bonds is 14. The summed E-state index contributed by atoms with van der Waals surface area (Å²) >= 11 is 0. The van der Waals surface area contributed by atoms with E-state index in [4.69, 9.17) is 15.0 Å². The van der Waals surface area contributed by atoms with E-state index in [0.29, 0.717) is 0 Å². The first-order valence-electron chi connectivity index (χ1n) is 30.4. The van der Waals surface area contributed by atoms with Gasteiger partial charge in [0.2, 0.25) is 0 Å². The van der Waals surface area contributed by atoms with Gasteiger partial charge in [0.25, 0.3) is 0 Å². The fourth-order valence-electron chi connectivity index (χ4n) is 12.2. The van der Waals surface area contributed by atoms with Gasteiger partial charge in [-0.25, -0.2) is 0 Å². The van der Waals surface area contributed by atoms with Crippen molar-refractivity contribution in [2.45, 2.75) is 0 Å². The second-order valence-electron chi connectivity index (χ2n) is 22.4. The molecule has 0 atom stereocenters. The molecule has 428 valence electrons. The molecule has 0 N–H and O–H groups in total. The Kier molecular flexibility index (Phi) is 16.6. The number of hydrogen-bond acceptors (Lipinski definition) is 3. The Morgan fingerprint density at radius 2 is 0.462 bits per heavy atom. The minimum Gasteiger partial charge on any atom is -0.294 e. The molecule has 0 radical (unpaired) electrons. The monoisotopic (exact) mass is 1340 g/mol. The van der Waals surface area contributed by atoms with Crippen LogP contribution in [0.5, 0.6) is 0 Å². The summed E-state index contributed by atoms with van der Waals surface area (Å²) in [5.74, 6) is 0. The summed E-state index contributed by atoms with van der Waals surface area (Å²) in [5, 5.41) is 0. The van der Waals surface area contributed by atoms with Crippen molar-refractivity contribution in [3.8, 4) is 156 Å². The summed E-state index contributed by atoms with van der Waals surface area (Å²) in [6, 6.07) is 125. The summed E-state index contributed by atoms with van der Waals surface area (Å²) in [6.07, 6.45) is 6.06. The first kappa shape index (κ1) is 57.5. The van der Waals surface area contributed by atoms with Crippen molar-refractivity contribution < 1.29 is 20.1 Å². The minimum atomic E-state index is 0. The molecule has 3 heterocycles. The maximum atomic E-state index is 5.31. The Hall–Kier alpha value is -11.3. The number of hydrogen-bond donors (Lipinski definition) is 0. The molecule has 0 unspecified atom stereocenters. The molecule has 15 rings (SSSR count). The topological polar surface area (TPSA) is 38.7 Å². The van der Waals surface area contributed by atoms with Gasteiger partial charge < -0.3 is 0 Å². The van der Waals surface area contributed by atoms with Gasteiger partial charge in [-0.1, -0.05) is 282 Å². The van der Waals surface area contributed by atoms with Gasteiger partial charge in [0, 0.05) is 41.2 Å². The average Bonchev–Trinajstić information content (AvgIpc) is 0.947. The molecule has 12 aromatic carbocycles. The third-order valence-corrected chi connectivity index (χ3v) is 16.8. The molecule has 0 saturated carbocycles. The SMILES string of the molecule is [Ir+3].[c-]1c(-c2ccccc2)cccc1-c1ccc(-c2ccccc2-c2cc(-c3ccccc3-c3ccc(-c4[c-]c(-c5ccccc5)ccc4)nc3)cc(-c3ccccc3-c3cnc(-c4[c-]c(-c5ccccc5)ccc4)cc3-c3ccc(-c4ccccc4)cc3)c2)cn1. The predicted molar refractivity (Wildman–Crippen MR) is 372 cm³/mol. The molecular formula is C87H56IrN3. The van der Waals surface area contributed by atoms with E-state index < -0.39 is 0 Å². The zero-order valence-corrected chi connectivity index (χ0v) is 51.9. The molecule has 15 aromatic rings. The molecule has 0 amide bonds. The van der Waals surface area contributed by atoms with Crippen LogP contribution in [0.3, 0.4) is 0 Å². The van der Waals surface area contributed by atoms with E-state index in [-0.39, 0.29) is 20.1 Å². The van der Waals surface area contributed by atoms with E-state index in [0.717, 1.165) is 151 Å². The normalized spacial score (nSPS) is 11.0. The molecular weight excluding hydrogens is 1280 g/mol. The number of pyridine rings is 3. The van der Waals surface area contributed by atoms with E-state index in [1.807, 2.05) is 30.6 Å². The second-order valence-corrected chi connectivity index (χ2v) is 22.4. The van der Waals surface area contributed by atoms with Gasteiger partial charge in [0.15, 0.2) is 0 Å². The Morgan fingerprint density at radius 1 is 0.165 bits per heavy atom. The van der Waals surface area contributed by atoms with Crippen LogP contribution in [-0.4, -0.2) is 15.0 Å². The smallest absolute Gasteiger partial charge is 0.294 e. The molecule has 0 fully saturated rings. The molecule has 3 aromatic heterocycles. The fourth-order valence-corrected chi connectivity index (χ4v) is 12.2. The van der Waals surface area contributed by atoms with Crippen molar-refractivity contribution in [1.82, 2.24) is 15.0 Å². The van der Waals surface area contributed by atoms with Crippen LogP contribution in [0, 0.1) is 18.2 Å². The fraction of sp³-hybridized carbons (Fsp3) is 0. The van der Waals surface area contributed by atoms with Crippen LogP contribution in [0.15, 0.2) is 340 Å². The van der Waals surface area contributed by atoms with Crippen molar-refractivity contribution >= 4 is 0 Å². The second kappa shape index (κ2) is 26.2. The molecule has 0 spiro atoms. The summed E-state index contributed by atoms with van der Waals surface area (Å²) < 4.78 is 0. The standard InChI is InChI=1S/C87H56N3.Ir/c1-5-22-60(23-6-1)64-42-44-65(45-43-64)83-56-87(71-35-21-32-68(52-71)63-28-11-4-12-29-63)90-59-84(83)82-41-18-17-40-81(82)76-54-74(79-38-15-13-36-77(79)72-46-48-85(88-57-72)69-33-19-30-66(50-69)61-24-7-2-8-25-61)53-75(55-76)80-39-16-14-37-78(80)73-47-49-86(89-58-73)70-34-20-31-67(51-70)62-26-9-3-10-27-62;/h1-49,53-59H;/q-3;+3. The maximum absolute atomic E-state index is 5.31. The Morgan fingerprint density at radius 3 is 0.857 bits per heavy atom. The van der Waals surface area contributed by atoms with Crippen molar-refractivity contribution in [2.24, 2.45) is 0 Å². The Bertz CT molecular complexity index is 4820. The van der Waals surface area contributed by atoms with Crippen molar-refractivity contribution in [3.63, 3.8) is 0 Å². The molecule has 0 aliphatic carbocycles. The quantitative estimate of drug-likeness (QED) is 0.102. The van der Waals surface area contributed by atoms with E-state index in [9.17, 15) is 0 Å². The van der Waals surface area contributed by atoms with Gasteiger partial charge in [-0.2, -0.15) is 0 Å². The first-order chi connectivity index (χ1) is 44.6. The molecule has 0 bridgehead atoms. The van der Waals surface area contributed by atoms with Crippen LogP contribution in [0.4, 0.5) is 0 Å². The van der Waals surface area contributed by atoms with Gasteiger partial charge in [-0.3, -0.25) is 15.0 Å². The predicted octanol–water partition coefficient (Wildman–Crippen LogP) is 22.6. The van der Waals surface area contributed by atoms with E-state index in [1.54, 1.807) is 0 Å². The van der Waals surface area contributed by atoms with Gasteiger partial charge in [-0.05, 0) is 102 Å². The maximum Gasteiger partial charge on any atom is 3.00 e. The molecule has 3 nitrogen and oxygen atoms in total. The summed E-state index contributed by atoms with van der Waals surface area (Å²) in [5.41, 5.74) is 29.0. The van der Waals surface area contributed by atoms with E-state index in [2.05, 4.69) is 328 Å². The first-order valence-corrected chi connectivity index (χ1v) is 30.4. The van der Waals surface area contributed by atoms with Gasteiger partial charge in [0.1, 0.15) is 0 Å². The van der Waals surface area contributed by atoms with Crippen LogP contribution in [0.25, 0.3) is 156 Å². The van der Waals surface area contributed by atoms with Crippen LogP contribution in [0.1, 0.15) is 0 Å². The van der Waals surface area contributed by atoms with Crippen LogP contribution < -0.4 is 0 Å². The molecule has 0 saturated heterocycles. The van der Waals surface area contributed by atoms with Crippen molar-refractivity contribution in [2.75, 3.05) is 0 Å². The summed E-state index contributed by atoms with van der Waals surface area (Å²) in [7, 11) is 0. The summed E-state index contributed by atoms with van der Waals surface area (Å²) in [6.45, 7) is 0. The zero-order chi connectivity index (χ0) is 60.0. The number of aromatic nitrogens is 3. The van der Waals surface area contributed by atoms with Crippen molar-refractivity contribution in [1.29, 1.82) is 0 Å². The van der Waals surface area contributed by atoms with Crippen LogP contribution in [-0.2, 0) is 20.1 Å². The van der Waals surface area contributed by atoms with Gasteiger partial charge in [-0.15, -0.1) is 89.5 Å². The van der Waals surface area contributed by atoms with E-state index >= 15 is 0 Å². The average molecular weight is 1340 g/mol. The summed E-state index contributed by atoms with van der Waals surface area (Å²) in [4.78, 5) is 15.5. The Labute approximate surface area is 545 Å². The largest absolute Gasteiger partial charge is 3.00 e. The Balaban J connectivity index is 0.00000721. The van der Waals surface area contributed by atoms with Crippen LogP contribution in [0.2, 0.25) is 0 Å². The van der Waals surface area contributed by atoms with E-state index in [1.165, 1.54) is 5.56 Å². The van der Waals surface area contributed by atoms with Crippen molar-refractivity contribution in [3.05, 3.63) is 358 Å². The molecule has 4 heteroatoms. The van der Waals surface area contributed by atoms with Gasteiger partial charge >= 0.3 is 20.1 Å². The molecule has 91 heavy (non-hydrogen) atoms. The number of nitrogens with zero attached hydrogens (tertiary/aromatic N) is 3. The van der Waals surface area contributed by atoms with Gasteiger partial charge in [0.05, 0.1) is 0 Å². The molecule has 0 aliphatic rings. The number of benzene rings is 12.